The second-order valence-corrected chi connectivity index (χ2v) is 2.84. The standard InChI is InChI=1S/C8H16N2/c1-5-8(6-9,10-4)7(2)3/h7,10H,5H2,1-4H3. The zero-order valence-corrected chi connectivity index (χ0v) is 7.23. The number of nitriles is 1. The van der Waals surface area contributed by atoms with Gasteiger partial charge in [0.05, 0.1) is 6.07 Å². The van der Waals surface area contributed by atoms with Crippen LogP contribution in [-0.2, 0) is 0 Å². The van der Waals surface area contributed by atoms with E-state index in [1.165, 1.54) is 0 Å². The number of nitrogens with one attached hydrogen (secondary N) is 1. The van der Waals surface area contributed by atoms with Gasteiger partial charge in [-0.05, 0) is 19.4 Å². The molecule has 0 aromatic carbocycles. The van der Waals surface area contributed by atoms with E-state index in [0.717, 1.165) is 6.42 Å². The van der Waals surface area contributed by atoms with E-state index in [1.807, 2.05) is 14.0 Å². The smallest absolute Gasteiger partial charge is 0.108 e. The predicted molar refractivity (Wildman–Crippen MR) is 42.5 cm³/mol. The van der Waals surface area contributed by atoms with E-state index >= 15 is 0 Å². The molecule has 0 rings (SSSR count). The molecule has 1 unspecified atom stereocenters. The molecule has 0 bridgehead atoms. The van der Waals surface area contributed by atoms with Crippen molar-refractivity contribution in [1.29, 1.82) is 5.26 Å². The van der Waals surface area contributed by atoms with Crippen LogP contribution in [0.2, 0.25) is 0 Å². The molecule has 2 nitrogen and oxygen atoms in total. The summed E-state index contributed by atoms with van der Waals surface area (Å²) in [6.07, 6.45) is 0.859. The monoisotopic (exact) mass is 140 g/mol. The zero-order valence-electron chi connectivity index (χ0n) is 7.23. The molecule has 0 spiro atoms. The highest BCUT2D eigenvalue weighted by molar-refractivity contribution is 5.07. The summed E-state index contributed by atoms with van der Waals surface area (Å²) in [6, 6.07) is 2.30. The molecule has 0 aliphatic rings. The van der Waals surface area contributed by atoms with Crippen molar-refractivity contribution in [2.24, 2.45) is 5.92 Å². The summed E-state index contributed by atoms with van der Waals surface area (Å²) in [4.78, 5) is 0. The lowest BCUT2D eigenvalue weighted by Gasteiger charge is -2.28. The summed E-state index contributed by atoms with van der Waals surface area (Å²) in [5.41, 5.74) is -0.319. The van der Waals surface area contributed by atoms with Crippen molar-refractivity contribution >= 4 is 0 Å². The van der Waals surface area contributed by atoms with Crippen LogP contribution in [0, 0.1) is 17.2 Å². The average molecular weight is 140 g/mol. The predicted octanol–water partition coefficient (Wildman–Crippen LogP) is 1.53. The van der Waals surface area contributed by atoms with Crippen LogP contribution in [0.5, 0.6) is 0 Å². The lowest BCUT2D eigenvalue weighted by molar-refractivity contribution is 0.322. The topological polar surface area (TPSA) is 35.8 Å². The van der Waals surface area contributed by atoms with Gasteiger partial charge in [-0.15, -0.1) is 0 Å². The summed E-state index contributed by atoms with van der Waals surface area (Å²) in [5, 5.41) is 11.9. The highest BCUT2D eigenvalue weighted by Gasteiger charge is 2.29. The van der Waals surface area contributed by atoms with Crippen molar-refractivity contribution < 1.29 is 0 Å². The molecule has 0 aliphatic carbocycles. The fraction of sp³-hybridized carbons (Fsp3) is 0.875. The molecule has 0 amide bonds. The SMILES string of the molecule is CCC(C#N)(NC)C(C)C. The summed E-state index contributed by atoms with van der Waals surface area (Å²) in [6.45, 7) is 6.14. The fourth-order valence-corrected chi connectivity index (χ4v) is 1.14. The van der Waals surface area contributed by atoms with Crippen molar-refractivity contribution in [3.8, 4) is 6.07 Å². The lowest BCUT2D eigenvalue weighted by atomic mass is 9.86. The van der Waals surface area contributed by atoms with E-state index in [1.54, 1.807) is 0 Å². The quantitative estimate of drug-likeness (QED) is 0.645. The molecule has 0 heterocycles. The fourth-order valence-electron chi connectivity index (χ4n) is 1.14. The van der Waals surface area contributed by atoms with Crippen LogP contribution in [0.3, 0.4) is 0 Å². The van der Waals surface area contributed by atoms with E-state index in [-0.39, 0.29) is 5.54 Å². The largest absolute Gasteiger partial charge is 0.302 e. The first-order valence-electron chi connectivity index (χ1n) is 3.73. The van der Waals surface area contributed by atoms with Gasteiger partial charge in [-0.3, -0.25) is 0 Å². The molecule has 0 aliphatic heterocycles. The van der Waals surface area contributed by atoms with Gasteiger partial charge in [0.2, 0.25) is 0 Å². The first-order chi connectivity index (χ1) is 4.63. The average Bonchev–Trinajstić information content (AvgIpc) is 1.92. The first kappa shape index (κ1) is 9.45. The highest BCUT2D eigenvalue weighted by atomic mass is 14.9. The molecule has 2 heteroatoms. The Morgan fingerprint density at radius 3 is 2.10 bits per heavy atom. The van der Waals surface area contributed by atoms with E-state index in [4.69, 9.17) is 5.26 Å². The Hall–Kier alpha value is -0.550. The van der Waals surface area contributed by atoms with Crippen LogP contribution in [-0.4, -0.2) is 12.6 Å². The van der Waals surface area contributed by atoms with Gasteiger partial charge >= 0.3 is 0 Å². The number of hydrogen-bond donors (Lipinski definition) is 1. The normalized spacial score (nSPS) is 16.4. The van der Waals surface area contributed by atoms with Crippen LogP contribution in [0.1, 0.15) is 27.2 Å². The Bertz CT molecular complexity index is 129. The molecule has 1 N–H and O–H groups in total. The Kier molecular flexibility index (Phi) is 3.38. The molecule has 0 saturated heterocycles. The van der Waals surface area contributed by atoms with Crippen molar-refractivity contribution in [1.82, 2.24) is 5.32 Å². The lowest BCUT2D eigenvalue weighted by Crippen LogP contribution is -2.45. The van der Waals surface area contributed by atoms with Crippen molar-refractivity contribution in [3.05, 3.63) is 0 Å². The first-order valence-corrected chi connectivity index (χ1v) is 3.73. The van der Waals surface area contributed by atoms with E-state index in [9.17, 15) is 0 Å². The Morgan fingerprint density at radius 2 is 2.10 bits per heavy atom. The van der Waals surface area contributed by atoms with Gasteiger partial charge in [0, 0.05) is 0 Å². The minimum absolute atomic E-state index is 0.319. The Labute approximate surface area is 63.2 Å². The van der Waals surface area contributed by atoms with Gasteiger partial charge in [0.25, 0.3) is 0 Å². The molecule has 0 saturated carbocycles. The molecule has 0 radical (unpaired) electrons. The van der Waals surface area contributed by atoms with Crippen LogP contribution in [0.25, 0.3) is 0 Å². The molecule has 0 fully saturated rings. The third-order valence-corrected chi connectivity index (χ3v) is 2.19. The van der Waals surface area contributed by atoms with Gasteiger partial charge in [-0.2, -0.15) is 5.26 Å². The summed E-state index contributed by atoms with van der Waals surface area (Å²) >= 11 is 0. The number of nitrogens with zero attached hydrogens (tertiary/aromatic N) is 1. The van der Waals surface area contributed by atoms with Gasteiger partial charge in [0.15, 0.2) is 0 Å². The number of hydrogen-bond acceptors (Lipinski definition) is 2. The number of rotatable bonds is 3. The summed E-state index contributed by atoms with van der Waals surface area (Å²) < 4.78 is 0. The van der Waals surface area contributed by atoms with Crippen molar-refractivity contribution in [3.63, 3.8) is 0 Å². The summed E-state index contributed by atoms with van der Waals surface area (Å²) in [7, 11) is 1.84. The third-order valence-electron chi connectivity index (χ3n) is 2.19. The van der Waals surface area contributed by atoms with Crippen molar-refractivity contribution in [2.45, 2.75) is 32.7 Å². The van der Waals surface area contributed by atoms with Crippen LogP contribution in [0.4, 0.5) is 0 Å². The molecule has 1 atom stereocenters. The maximum atomic E-state index is 8.83. The molecular weight excluding hydrogens is 124 g/mol. The van der Waals surface area contributed by atoms with Crippen LogP contribution in [0.15, 0.2) is 0 Å². The molecular formula is C8H16N2. The molecule has 58 valence electrons. The van der Waals surface area contributed by atoms with E-state index < -0.39 is 0 Å². The van der Waals surface area contributed by atoms with E-state index in [0.29, 0.717) is 5.92 Å². The van der Waals surface area contributed by atoms with Gasteiger partial charge in [0.1, 0.15) is 5.54 Å². The summed E-state index contributed by atoms with van der Waals surface area (Å²) in [5.74, 6) is 0.368. The van der Waals surface area contributed by atoms with Crippen LogP contribution >= 0.6 is 0 Å². The third kappa shape index (κ3) is 1.48. The molecule has 0 aromatic rings. The second kappa shape index (κ2) is 3.58. The van der Waals surface area contributed by atoms with Gasteiger partial charge in [-0.25, -0.2) is 0 Å². The van der Waals surface area contributed by atoms with Crippen molar-refractivity contribution in [2.75, 3.05) is 7.05 Å². The van der Waals surface area contributed by atoms with Crippen LogP contribution < -0.4 is 5.32 Å². The highest BCUT2D eigenvalue weighted by Crippen LogP contribution is 2.18. The maximum absolute atomic E-state index is 8.83. The Balaban J connectivity index is 4.35. The molecule has 10 heavy (non-hydrogen) atoms. The Morgan fingerprint density at radius 1 is 1.60 bits per heavy atom. The van der Waals surface area contributed by atoms with Gasteiger partial charge in [-0.1, -0.05) is 20.8 Å². The zero-order chi connectivity index (χ0) is 8.20. The second-order valence-electron chi connectivity index (χ2n) is 2.84. The minimum atomic E-state index is -0.319. The molecule has 0 aromatic heterocycles. The maximum Gasteiger partial charge on any atom is 0.108 e. The van der Waals surface area contributed by atoms with E-state index in [2.05, 4.69) is 25.2 Å². The van der Waals surface area contributed by atoms with Gasteiger partial charge < -0.3 is 5.32 Å². The minimum Gasteiger partial charge on any atom is -0.302 e.